The number of nitrogens with zero attached hydrogens (tertiary/aromatic N) is 4. The maximum Gasteiger partial charge on any atom is 0.416 e. The van der Waals surface area contributed by atoms with E-state index in [9.17, 15) is 18.0 Å². The van der Waals surface area contributed by atoms with Gasteiger partial charge in [0.2, 0.25) is 5.91 Å². The summed E-state index contributed by atoms with van der Waals surface area (Å²) in [7, 11) is 1.93. The molecule has 0 bridgehead atoms. The van der Waals surface area contributed by atoms with Crippen molar-refractivity contribution in [3.8, 4) is 5.75 Å². The number of hydrogen-bond donors (Lipinski definition) is 1. The molecule has 2 aromatic rings. The van der Waals surface area contributed by atoms with Crippen molar-refractivity contribution in [3.05, 3.63) is 48.0 Å². The molecule has 0 aliphatic carbocycles. The van der Waals surface area contributed by atoms with E-state index >= 15 is 0 Å². The Balaban J connectivity index is 1.33. The molecule has 2 aliphatic rings. The number of halogens is 3. The summed E-state index contributed by atoms with van der Waals surface area (Å²) in [5, 5.41) is 3.09. The van der Waals surface area contributed by atoms with Crippen molar-refractivity contribution in [2.45, 2.75) is 25.6 Å². The number of ether oxygens (including phenoxy) is 2. The van der Waals surface area contributed by atoms with Crippen LogP contribution in [0.2, 0.25) is 0 Å². The SMILES string of the molecule is Cn1ccnc1CN1C[C@@H](COc2cccc(C(F)(F)F)c2)C[C@@H](C(=O)NCCCN2CCOCC2)C1. The van der Waals surface area contributed by atoms with Gasteiger partial charge in [0.1, 0.15) is 11.6 Å². The normalized spacial score (nSPS) is 21.6. The second-order valence-electron chi connectivity index (χ2n) is 9.88. The van der Waals surface area contributed by atoms with Gasteiger partial charge in [-0.25, -0.2) is 4.98 Å². The number of likely N-dealkylation sites (tertiary alicyclic amines) is 1. The van der Waals surface area contributed by atoms with Gasteiger partial charge in [0, 0.05) is 58.1 Å². The number of aromatic nitrogens is 2. The van der Waals surface area contributed by atoms with Crippen molar-refractivity contribution in [1.29, 1.82) is 0 Å². The van der Waals surface area contributed by atoms with Crippen LogP contribution in [0.1, 0.15) is 24.2 Å². The molecule has 2 aliphatic heterocycles. The minimum Gasteiger partial charge on any atom is -0.493 e. The predicted molar refractivity (Wildman–Crippen MR) is 132 cm³/mol. The van der Waals surface area contributed by atoms with Crippen LogP contribution in [0.3, 0.4) is 0 Å². The number of aryl methyl sites for hydroxylation is 1. The van der Waals surface area contributed by atoms with Crippen LogP contribution in [0.4, 0.5) is 13.2 Å². The van der Waals surface area contributed by atoms with Crippen LogP contribution in [0, 0.1) is 11.8 Å². The molecule has 204 valence electrons. The standard InChI is InChI=1S/C26H36F3N5O3/c1-32-9-7-30-24(32)18-34-16-20(19-37-23-5-2-4-22(15-23)26(27,28)29)14-21(17-34)25(35)31-6-3-8-33-10-12-36-13-11-33/h2,4-5,7,9,15,20-21H,3,6,8,10-14,16-19H2,1H3,(H,31,35)/t20-,21+/m0/s1. The zero-order valence-electron chi connectivity index (χ0n) is 21.3. The minimum atomic E-state index is -4.42. The molecule has 0 radical (unpaired) electrons. The molecule has 0 unspecified atom stereocenters. The lowest BCUT2D eigenvalue weighted by Gasteiger charge is -2.37. The summed E-state index contributed by atoms with van der Waals surface area (Å²) in [5.74, 6) is 0.847. The number of alkyl halides is 3. The monoisotopic (exact) mass is 523 g/mol. The summed E-state index contributed by atoms with van der Waals surface area (Å²) in [6.45, 7) is 6.98. The van der Waals surface area contributed by atoms with E-state index in [0.717, 1.165) is 57.2 Å². The number of hydrogen-bond acceptors (Lipinski definition) is 6. The molecule has 0 saturated carbocycles. The molecule has 2 saturated heterocycles. The van der Waals surface area contributed by atoms with E-state index in [0.29, 0.717) is 32.6 Å². The lowest BCUT2D eigenvalue weighted by molar-refractivity contribution is -0.137. The van der Waals surface area contributed by atoms with Crippen molar-refractivity contribution in [1.82, 2.24) is 24.7 Å². The summed E-state index contributed by atoms with van der Waals surface area (Å²) < 4.78 is 52.3. The summed E-state index contributed by atoms with van der Waals surface area (Å²) >= 11 is 0. The zero-order valence-corrected chi connectivity index (χ0v) is 21.3. The Morgan fingerprint density at radius 2 is 2.03 bits per heavy atom. The van der Waals surface area contributed by atoms with Gasteiger partial charge >= 0.3 is 6.18 Å². The first-order chi connectivity index (χ1) is 17.8. The zero-order chi connectivity index (χ0) is 26.3. The first-order valence-electron chi connectivity index (χ1n) is 12.8. The van der Waals surface area contributed by atoms with E-state index in [4.69, 9.17) is 9.47 Å². The van der Waals surface area contributed by atoms with E-state index in [1.54, 1.807) is 6.20 Å². The van der Waals surface area contributed by atoms with Gasteiger partial charge < -0.3 is 19.4 Å². The van der Waals surface area contributed by atoms with Gasteiger partial charge in [0.15, 0.2) is 0 Å². The maximum absolute atomic E-state index is 13.1. The third kappa shape index (κ3) is 8.18. The fourth-order valence-electron chi connectivity index (χ4n) is 4.95. The van der Waals surface area contributed by atoms with Crippen LogP contribution in [-0.2, 0) is 29.3 Å². The molecule has 3 heterocycles. The van der Waals surface area contributed by atoms with Crippen molar-refractivity contribution in [2.75, 3.05) is 59.1 Å². The van der Waals surface area contributed by atoms with Gasteiger partial charge in [0.25, 0.3) is 0 Å². The first kappa shape index (κ1) is 27.4. The second kappa shape index (κ2) is 12.7. The van der Waals surface area contributed by atoms with Crippen molar-refractivity contribution in [3.63, 3.8) is 0 Å². The van der Waals surface area contributed by atoms with Crippen LogP contribution in [0.15, 0.2) is 36.7 Å². The van der Waals surface area contributed by atoms with Crippen LogP contribution < -0.4 is 10.1 Å². The smallest absolute Gasteiger partial charge is 0.416 e. The van der Waals surface area contributed by atoms with E-state index in [1.165, 1.54) is 12.1 Å². The highest BCUT2D eigenvalue weighted by molar-refractivity contribution is 5.79. The number of carbonyl (C=O) groups excluding carboxylic acids is 1. The van der Waals surface area contributed by atoms with Gasteiger partial charge in [-0.3, -0.25) is 14.6 Å². The molecule has 4 rings (SSSR count). The van der Waals surface area contributed by atoms with Gasteiger partial charge in [-0.05, 0) is 37.6 Å². The average molecular weight is 524 g/mol. The first-order valence-corrected chi connectivity index (χ1v) is 12.8. The van der Waals surface area contributed by atoms with Crippen LogP contribution in [0.25, 0.3) is 0 Å². The molecular weight excluding hydrogens is 487 g/mol. The van der Waals surface area contributed by atoms with E-state index < -0.39 is 11.7 Å². The number of morpholine rings is 1. The Morgan fingerprint density at radius 3 is 2.76 bits per heavy atom. The molecule has 37 heavy (non-hydrogen) atoms. The second-order valence-corrected chi connectivity index (χ2v) is 9.88. The number of rotatable bonds is 10. The molecule has 11 heteroatoms. The number of carbonyl (C=O) groups is 1. The molecular formula is C26H36F3N5O3. The Hall–Kier alpha value is -2.63. The highest BCUT2D eigenvalue weighted by Gasteiger charge is 2.33. The Kier molecular flexibility index (Phi) is 9.44. The number of benzene rings is 1. The van der Waals surface area contributed by atoms with Crippen LogP contribution in [0.5, 0.6) is 5.75 Å². The number of piperidine rings is 1. The average Bonchev–Trinajstić information content (AvgIpc) is 3.29. The maximum atomic E-state index is 13.1. The Bertz CT molecular complexity index is 1010. The molecule has 1 aromatic heterocycles. The Morgan fingerprint density at radius 1 is 1.22 bits per heavy atom. The van der Waals surface area contributed by atoms with E-state index in [2.05, 4.69) is 20.1 Å². The Labute approximate surface area is 215 Å². The lowest BCUT2D eigenvalue weighted by atomic mass is 9.89. The summed E-state index contributed by atoms with van der Waals surface area (Å²) in [6.07, 6.45) is 0.690. The minimum absolute atomic E-state index is 0.00680. The van der Waals surface area contributed by atoms with Gasteiger partial charge in [-0.2, -0.15) is 13.2 Å². The summed E-state index contributed by atoms with van der Waals surface area (Å²) in [5.41, 5.74) is -0.737. The summed E-state index contributed by atoms with van der Waals surface area (Å²) in [4.78, 5) is 22.0. The fourth-order valence-corrected chi connectivity index (χ4v) is 4.95. The van der Waals surface area contributed by atoms with E-state index in [-0.39, 0.29) is 30.1 Å². The van der Waals surface area contributed by atoms with Crippen molar-refractivity contribution < 1.29 is 27.4 Å². The van der Waals surface area contributed by atoms with Gasteiger partial charge in [-0.1, -0.05) is 6.07 Å². The molecule has 0 spiro atoms. The van der Waals surface area contributed by atoms with Crippen LogP contribution >= 0.6 is 0 Å². The molecule has 2 atom stereocenters. The highest BCUT2D eigenvalue weighted by atomic mass is 19.4. The third-order valence-corrected chi connectivity index (χ3v) is 6.97. The highest BCUT2D eigenvalue weighted by Crippen LogP contribution is 2.32. The number of amides is 1. The largest absolute Gasteiger partial charge is 0.493 e. The van der Waals surface area contributed by atoms with Crippen molar-refractivity contribution in [2.24, 2.45) is 18.9 Å². The van der Waals surface area contributed by atoms with Crippen LogP contribution in [-0.4, -0.2) is 84.3 Å². The number of nitrogens with one attached hydrogen (secondary N) is 1. The molecule has 2 fully saturated rings. The molecule has 1 amide bonds. The molecule has 8 nitrogen and oxygen atoms in total. The quantitative estimate of drug-likeness (QED) is 0.483. The van der Waals surface area contributed by atoms with Gasteiger partial charge in [-0.15, -0.1) is 0 Å². The lowest BCUT2D eigenvalue weighted by Crippen LogP contribution is -2.48. The predicted octanol–water partition coefficient (Wildman–Crippen LogP) is 2.79. The summed E-state index contributed by atoms with van der Waals surface area (Å²) in [6, 6.07) is 4.93. The van der Waals surface area contributed by atoms with Crippen molar-refractivity contribution >= 4 is 5.91 Å². The fraction of sp³-hybridized carbons (Fsp3) is 0.615. The third-order valence-electron chi connectivity index (χ3n) is 6.97. The van der Waals surface area contributed by atoms with E-state index in [1.807, 2.05) is 17.8 Å². The number of imidazole rings is 1. The molecule has 1 N–H and O–H groups in total. The topological polar surface area (TPSA) is 71.9 Å². The molecule has 1 aromatic carbocycles. The van der Waals surface area contributed by atoms with Gasteiger partial charge in [0.05, 0.1) is 37.8 Å².